The summed E-state index contributed by atoms with van der Waals surface area (Å²) in [5.41, 5.74) is 0. The Hall–Kier alpha value is -2.16. The Kier molecular flexibility index (Phi) is 2.91. The smallest absolute Gasteiger partial charge is 0.414 e. The van der Waals surface area contributed by atoms with Crippen molar-refractivity contribution in [2.24, 2.45) is 0 Å². The van der Waals surface area contributed by atoms with Gasteiger partial charge in [-0.2, -0.15) is 0 Å². The SMILES string of the molecule is O=C(O)COC1COc2nc([N+](=O)[O-])cn2C1. The number of ether oxygens (including phenoxy) is 2. The lowest BCUT2D eigenvalue weighted by molar-refractivity contribution is -0.389. The Bertz CT molecular complexity index is 456. The van der Waals surface area contributed by atoms with Crippen molar-refractivity contribution in [3.05, 3.63) is 16.3 Å². The zero-order valence-corrected chi connectivity index (χ0v) is 8.61. The van der Waals surface area contributed by atoms with E-state index in [1.165, 1.54) is 10.8 Å². The molecule has 1 N–H and O–H groups in total. The van der Waals surface area contributed by atoms with E-state index in [0.29, 0.717) is 0 Å². The molecule has 1 unspecified atom stereocenters. The molecule has 0 spiro atoms. The second kappa shape index (κ2) is 4.37. The summed E-state index contributed by atoms with van der Waals surface area (Å²) < 4.78 is 11.6. The Morgan fingerprint density at radius 1 is 1.82 bits per heavy atom. The average molecular weight is 243 g/mol. The molecule has 1 aromatic heterocycles. The van der Waals surface area contributed by atoms with Gasteiger partial charge in [-0.1, -0.05) is 0 Å². The molecule has 0 saturated carbocycles. The molecule has 0 aromatic carbocycles. The lowest BCUT2D eigenvalue weighted by Crippen LogP contribution is -2.33. The number of hydrogen-bond donors (Lipinski definition) is 1. The topological polar surface area (TPSA) is 117 Å². The minimum Gasteiger partial charge on any atom is -0.480 e. The molecule has 0 bridgehead atoms. The zero-order chi connectivity index (χ0) is 12.4. The van der Waals surface area contributed by atoms with Gasteiger partial charge in [0.2, 0.25) is 0 Å². The molecule has 0 aliphatic carbocycles. The van der Waals surface area contributed by atoms with E-state index in [0.717, 1.165) is 0 Å². The number of aromatic nitrogens is 2. The van der Waals surface area contributed by atoms with Gasteiger partial charge < -0.3 is 24.7 Å². The van der Waals surface area contributed by atoms with E-state index in [9.17, 15) is 14.9 Å². The third-order valence-corrected chi connectivity index (χ3v) is 2.16. The molecule has 1 aliphatic rings. The Morgan fingerprint density at radius 2 is 2.59 bits per heavy atom. The minimum absolute atomic E-state index is 0.126. The molecule has 0 fully saturated rings. The first-order valence-corrected chi connectivity index (χ1v) is 4.74. The van der Waals surface area contributed by atoms with Gasteiger partial charge in [-0.15, -0.1) is 0 Å². The first-order chi connectivity index (χ1) is 8.06. The summed E-state index contributed by atoms with van der Waals surface area (Å²) in [6, 6.07) is 0.145. The number of carboxylic acids is 1. The lowest BCUT2D eigenvalue weighted by atomic mass is 10.3. The number of fused-ring (bicyclic) bond motifs is 1. The number of imidazole rings is 1. The van der Waals surface area contributed by atoms with Crippen LogP contribution in [0.25, 0.3) is 0 Å². The van der Waals surface area contributed by atoms with E-state index >= 15 is 0 Å². The van der Waals surface area contributed by atoms with E-state index in [1.807, 2.05) is 0 Å². The predicted octanol–water partition coefficient (Wildman–Crippen LogP) is -0.347. The Labute approximate surface area is 94.7 Å². The standard InChI is InChI=1S/C8H9N3O6/c12-7(13)4-16-5-1-10-2-6(11(14)15)9-8(10)17-3-5/h2,5H,1,3-4H2,(H,12,13). The van der Waals surface area contributed by atoms with E-state index in [4.69, 9.17) is 14.6 Å². The third-order valence-electron chi connectivity index (χ3n) is 2.16. The van der Waals surface area contributed by atoms with Crippen molar-refractivity contribution >= 4 is 11.8 Å². The molecule has 2 rings (SSSR count). The zero-order valence-electron chi connectivity index (χ0n) is 8.61. The van der Waals surface area contributed by atoms with Crippen LogP contribution in [0.2, 0.25) is 0 Å². The summed E-state index contributed by atoms with van der Waals surface area (Å²) in [6.45, 7) is -0.0228. The van der Waals surface area contributed by atoms with Crippen LogP contribution < -0.4 is 4.74 Å². The van der Waals surface area contributed by atoms with E-state index in [2.05, 4.69) is 4.98 Å². The van der Waals surface area contributed by atoms with Crippen LogP contribution in [-0.4, -0.2) is 44.9 Å². The van der Waals surface area contributed by atoms with E-state index < -0.39 is 23.6 Å². The highest BCUT2D eigenvalue weighted by atomic mass is 16.6. The highest BCUT2D eigenvalue weighted by molar-refractivity contribution is 5.68. The van der Waals surface area contributed by atoms with Crippen LogP contribution in [-0.2, 0) is 16.1 Å². The average Bonchev–Trinajstić information content (AvgIpc) is 2.69. The maximum absolute atomic E-state index is 10.5. The molecule has 0 saturated heterocycles. The van der Waals surface area contributed by atoms with E-state index in [-0.39, 0.29) is 25.0 Å². The van der Waals surface area contributed by atoms with Gasteiger partial charge in [-0.05, 0) is 4.92 Å². The summed E-state index contributed by atoms with van der Waals surface area (Å²) in [5, 5.41) is 18.9. The van der Waals surface area contributed by atoms with Crippen molar-refractivity contribution in [1.82, 2.24) is 9.55 Å². The minimum atomic E-state index is -1.08. The van der Waals surface area contributed by atoms with Gasteiger partial charge in [0, 0.05) is 4.98 Å². The van der Waals surface area contributed by atoms with Gasteiger partial charge in [0.15, 0.2) is 0 Å². The molecule has 0 amide bonds. The van der Waals surface area contributed by atoms with Crippen molar-refractivity contribution in [3.8, 4) is 6.01 Å². The maximum Gasteiger partial charge on any atom is 0.414 e. The summed E-state index contributed by atoms with van der Waals surface area (Å²) in [5.74, 6) is -1.38. The summed E-state index contributed by atoms with van der Waals surface area (Å²) in [6.07, 6.45) is 0.776. The fourth-order valence-corrected chi connectivity index (χ4v) is 1.45. The second-order valence-electron chi connectivity index (χ2n) is 3.43. The number of rotatable bonds is 4. The van der Waals surface area contributed by atoms with Gasteiger partial charge >= 0.3 is 17.8 Å². The number of hydrogen-bond acceptors (Lipinski definition) is 6. The third kappa shape index (κ3) is 2.50. The fraction of sp³-hybridized carbons (Fsp3) is 0.500. The first kappa shape index (κ1) is 11.3. The molecule has 17 heavy (non-hydrogen) atoms. The van der Waals surface area contributed by atoms with Crippen LogP contribution in [0.1, 0.15) is 0 Å². The Morgan fingerprint density at radius 3 is 3.24 bits per heavy atom. The molecule has 1 atom stereocenters. The van der Waals surface area contributed by atoms with Crippen LogP contribution in [0.4, 0.5) is 5.82 Å². The molecular formula is C8H9N3O6. The number of carbonyl (C=O) groups is 1. The summed E-state index contributed by atoms with van der Waals surface area (Å²) in [7, 11) is 0. The Balaban J connectivity index is 2.03. The van der Waals surface area contributed by atoms with Crippen molar-refractivity contribution in [2.75, 3.05) is 13.2 Å². The number of nitro groups is 1. The lowest BCUT2D eigenvalue weighted by Gasteiger charge is -2.21. The van der Waals surface area contributed by atoms with Gasteiger partial charge in [0.05, 0.1) is 6.54 Å². The quantitative estimate of drug-likeness (QED) is 0.567. The molecule has 1 aliphatic heterocycles. The van der Waals surface area contributed by atoms with Crippen LogP contribution in [0.3, 0.4) is 0 Å². The van der Waals surface area contributed by atoms with Gasteiger partial charge in [0.1, 0.15) is 25.5 Å². The van der Waals surface area contributed by atoms with Crippen molar-refractivity contribution in [3.63, 3.8) is 0 Å². The van der Waals surface area contributed by atoms with Crippen LogP contribution in [0, 0.1) is 10.1 Å². The monoisotopic (exact) mass is 243 g/mol. The predicted molar refractivity (Wildman–Crippen MR) is 51.8 cm³/mol. The number of nitrogens with zero attached hydrogens (tertiary/aromatic N) is 3. The normalized spacial score (nSPS) is 18.2. The molecule has 1 aromatic rings. The van der Waals surface area contributed by atoms with Crippen molar-refractivity contribution in [2.45, 2.75) is 12.6 Å². The van der Waals surface area contributed by atoms with Crippen LogP contribution in [0.15, 0.2) is 6.20 Å². The number of carboxylic acid groups (broad SMARTS) is 1. The van der Waals surface area contributed by atoms with E-state index in [1.54, 1.807) is 0 Å². The van der Waals surface area contributed by atoms with Gasteiger partial charge in [-0.3, -0.25) is 4.57 Å². The second-order valence-corrected chi connectivity index (χ2v) is 3.43. The molecule has 2 heterocycles. The largest absolute Gasteiger partial charge is 0.480 e. The number of aliphatic carboxylic acids is 1. The highest BCUT2D eigenvalue weighted by Gasteiger charge is 2.28. The first-order valence-electron chi connectivity index (χ1n) is 4.74. The molecule has 92 valence electrons. The fourth-order valence-electron chi connectivity index (χ4n) is 1.45. The van der Waals surface area contributed by atoms with Crippen molar-refractivity contribution in [1.29, 1.82) is 0 Å². The summed E-state index contributed by atoms with van der Waals surface area (Å²) in [4.78, 5) is 23.8. The molecule has 0 radical (unpaired) electrons. The van der Waals surface area contributed by atoms with Crippen LogP contribution in [0.5, 0.6) is 6.01 Å². The van der Waals surface area contributed by atoms with Gasteiger partial charge in [-0.25, -0.2) is 4.79 Å². The molecular weight excluding hydrogens is 234 g/mol. The molecule has 9 nitrogen and oxygen atoms in total. The van der Waals surface area contributed by atoms with Gasteiger partial charge in [0.25, 0.3) is 0 Å². The summed E-state index contributed by atoms with van der Waals surface area (Å²) >= 11 is 0. The maximum atomic E-state index is 10.5. The van der Waals surface area contributed by atoms with Crippen LogP contribution >= 0.6 is 0 Å². The molecule has 9 heteroatoms. The highest BCUT2D eigenvalue weighted by Crippen LogP contribution is 2.22. The van der Waals surface area contributed by atoms with Crippen molar-refractivity contribution < 1.29 is 24.3 Å².